The zero-order chi connectivity index (χ0) is 14.6. The molecule has 1 N–H and O–H groups in total. The molecule has 0 spiro atoms. The normalized spacial score (nSPS) is 21.0. The number of sulfonamides is 1. The van der Waals surface area contributed by atoms with E-state index in [9.17, 15) is 22.0 Å². The van der Waals surface area contributed by atoms with E-state index in [1.54, 1.807) is 0 Å². The van der Waals surface area contributed by atoms with E-state index in [0.29, 0.717) is 12.8 Å². The minimum absolute atomic E-state index is 0.219. The average Bonchev–Trinajstić information content (AvgIpc) is 2.75. The van der Waals surface area contributed by atoms with Crippen LogP contribution in [0.15, 0.2) is 0 Å². The van der Waals surface area contributed by atoms with E-state index in [0.717, 1.165) is 15.5 Å². The van der Waals surface area contributed by atoms with Crippen molar-refractivity contribution in [2.75, 3.05) is 32.5 Å². The number of hydrogen-bond acceptors (Lipinski definition) is 4. The van der Waals surface area contributed by atoms with Crippen molar-refractivity contribution in [2.24, 2.45) is 0 Å². The summed E-state index contributed by atoms with van der Waals surface area (Å²) in [6.45, 7) is -1.24. The van der Waals surface area contributed by atoms with Crippen LogP contribution < -0.4 is 0 Å². The van der Waals surface area contributed by atoms with Crippen molar-refractivity contribution in [1.29, 1.82) is 0 Å². The zero-order valence-electron chi connectivity index (χ0n) is 10.6. The highest BCUT2D eigenvalue weighted by Crippen LogP contribution is 2.22. The summed E-state index contributed by atoms with van der Waals surface area (Å²) in [6, 6.07) is -0.930. The zero-order valence-corrected chi connectivity index (χ0v) is 11.4. The first kappa shape index (κ1) is 16.3. The summed E-state index contributed by atoms with van der Waals surface area (Å²) >= 11 is 0. The molecule has 0 saturated carbocycles. The van der Waals surface area contributed by atoms with E-state index in [4.69, 9.17) is 5.11 Å². The molecular formula is C10H18F2N2O4S. The first-order valence-corrected chi connectivity index (χ1v) is 7.76. The van der Waals surface area contributed by atoms with Crippen LogP contribution in [0.25, 0.3) is 0 Å². The SMILES string of the molecule is CS(=O)(=O)N1CCCC1C(=O)N(CCO)CC(F)F. The summed E-state index contributed by atoms with van der Waals surface area (Å²) < 4.78 is 48.8. The predicted octanol–water partition coefficient (Wildman–Crippen LogP) is -0.504. The molecule has 19 heavy (non-hydrogen) atoms. The summed E-state index contributed by atoms with van der Waals surface area (Å²) in [7, 11) is -3.54. The van der Waals surface area contributed by atoms with Gasteiger partial charge in [0, 0.05) is 13.1 Å². The summed E-state index contributed by atoms with van der Waals surface area (Å²) in [5.41, 5.74) is 0. The van der Waals surface area contributed by atoms with Gasteiger partial charge in [0.1, 0.15) is 6.04 Å². The first-order valence-electron chi connectivity index (χ1n) is 5.92. The lowest BCUT2D eigenvalue weighted by Gasteiger charge is -2.28. The van der Waals surface area contributed by atoms with Crippen molar-refractivity contribution < 1.29 is 27.1 Å². The molecular weight excluding hydrogens is 282 g/mol. The fraction of sp³-hybridized carbons (Fsp3) is 0.900. The number of halogens is 2. The van der Waals surface area contributed by atoms with Crippen LogP contribution in [0, 0.1) is 0 Å². The second-order valence-corrected chi connectivity index (χ2v) is 6.37. The molecule has 112 valence electrons. The maximum Gasteiger partial charge on any atom is 0.255 e. The van der Waals surface area contributed by atoms with Gasteiger partial charge in [-0.3, -0.25) is 4.79 Å². The largest absolute Gasteiger partial charge is 0.395 e. The van der Waals surface area contributed by atoms with Crippen molar-refractivity contribution in [3.63, 3.8) is 0 Å². The summed E-state index contributed by atoms with van der Waals surface area (Å²) in [5.74, 6) is -0.669. The molecule has 1 rings (SSSR count). The van der Waals surface area contributed by atoms with E-state index < -0.39 is 41.5 Å². The van der Waals surface area contributed by atoms with Crippen LogP contribution in [0.1, 0.15) is 12.8 Å². The highest BCUT2D eigenvalue weighted by Gasteiger charge is 2.38. The number of alkyl halides is 2. The second-order valence-electron chi connectivity index (χ2n) is 4.43. The summed E-state index contributed by atoms with van der Waals surface area (Å²) in [6.07, 6.45) is -0.895. The molecule has 0 aromatic carbocycles. The van der Waals surface area contributed by atoms with Gasteiger partial charge >= 0.3 is 0 Å². The minimum atomic E-state index is -3.54. The van der Waals surface area contributed by atoms with Crippen molar-refractivity contribution in [1.82, 2.24) is 9.21 Å². The minimum Gasteiger partial charge on any atom is -0.395 e. The Labute approximate surface area is 111 Å². The standard InChI is InChI=1S/C10H18F2N2O4S/c1-19(17,18)14-4-2-3-8(14)10(16)13(5-6-15)7-9(11)12/h8-9,15H,2-7H2,1H3. The maximum absolute atomic E-state index is 12.4. The molecule has 1 saturated heterocycles. The molecule has 1 amide bonds. The quantitative estimate of drug-likeness (QED) is 0.717. The Kier molecular flexibility index (Phi) is 5.63. The number of aliphatic hydroxyl groups excluding tert-OH is 1. The number of hydrogen-bond donors (Lipinski definition) is 1. The molecule has 1 atom stereocenters. The van der Waals surface area contributed by atoms with Crippen molar-refractivity contribution in [3.8, 4) is 0 Å². The lowest BCUT2D eigenvalue weighted by Crippen LogP contribution is -2.49. The van der Waals surface area contributed by atoms with Crippen LogP contribution >= 0.6 is 0 Å². The smallest absolute Gasteiger partial charge is 0.255 e. The molecule has 1 unspecified atom stereocenters. The molecule has 1 fully saturated rings. The van der Waals surface area contributed by atoms with E-state index >= 15 is 0 Å². The van der Waals surface area contributed by atoms with Gasteiger partial charge in [0.25, 0.3) is 6.43 Å². The third-order valence-electron chi connectivity index (χ3n) is 2.95. The Hall–Kier alpha value is -0.800. The van der Waals surface area contributed by atoms with E-state index in [1.807, 2.05) is 0 Å². The molecule has 0 aromatic rings. The lowest BCUT2D eigenvalue weighted by molar-refractivity contribution is -0.137. The topological polar surface area (TPSA) is 77.9 Å². The van der Waals surface area contributed by atoms with Crippen LogP contribution in [0.4, 0.5) is 8.78 Å². The van der Waals surface area contributed by atoms with Gasteiger partial charge in [-0.1, -0.05) is 0 Å². The predicted molar refractivity (Wildman–Crippen MR) is 64.2 cm³/mol. The van der Waals surface area contributed by atoms with Gasteiger partial charge in [0.05, 0.1) is 19.4 Å². The van der Waals surface area contributed by atoms with Gasteiger partial charge in [-0.2, -0.15) is 4.31 Å². The molecule has 0 aromatic heterocycles. The van der Waals surface area contributed by atoms with Crippen LogP contribution in [0.3, 0.4) is 0 Å². The third kappa shape index (κ3) is 4.36. The number of amides is 1. The van der Waals surface area contributed by atoms with E-state index in [2.05, 4.69) is 0 Å². The van der Waals surface area contributed by atoms with Crippen molar-refractivity contribution in [3.05, 3.63) is 0 Å². The van der Waals surface area contributed by atoms with Gasteiger partial charge in [-0.05, 0) is 12.8 Å². The number of nitrogens with zero attached hydrogens (tertiary/aromatic N) is 2. The molecule has 0 bridgehead atoms. The molecule has 0 radical (unpaired) electrons. The molecule has 6 nitrogen and oxygen atoms in total. The van der Waals surface area contributed by atoms with Gasteiger partial charge in [0.15, 0.2) is 0 Å². The Morgan fingerprint density at radius 2 is 2.16 bits per heavy atom. The van der Waals surface area contributed by atoms with E-state index in [-0.39, 0.29) is 13.1 Å². The van der Waals surface area contributed by atoms with Crippen LogP contribution in [-0.2, 0) is 14.8 Å². The van der Waals surface area contributed by atoms with Crippen molar-refractivity contribution in [2.45, 2.75) is 25.3 Å². The molecule has 9 heteroatoms. The highest BCUT2D eigenvalue weighted by molar-refractivity contribution is 7.88. The fourth-order valence-corrected chi connectivity index (χ4v) is 3.29. The van der Waals surface area contributed by atoms with Gasteiger partial charge in [-0.25, -0.2) is 17.2 Å². The Morgan fingerprint density at radius 3 is 2.63 bits per heavy atom. The number of aliphatic hydroxyl groups is 1. The fourth-order valence-electron chi connectivity index (χ4n) is 2.17. The third-order valence-corrected chi connectivity index (χ3v) is 4.24. The Morgan fingerprint density at radius 1 is 1.53 bits per heavy atom. The van der Waals surface area contributed by atoms with Crippen LogP contribution in [0.5, 0.6) is 0 Å². The molecule has 1 heterocycles. The van der Waals surface area contributed by atoms with E-state index in [1.165, 1.54) is 0 Å². The Balaban J connectivity index is 2.83. The summed E-state index contributed by atoms with van der Waals surface area (Å²) in [4.78, 5) is 12.9. The summed E-state index contributed by atoms with van der Waals surface area (Å²) in [5, 5.41) is 8.80. The monoisotopic (exact) mass is 300 g/mol. The first-order chi connectivity index (χ1) is 8.77. The van der Waals surface area contributed by atoms with Crippen LogP contribution in [-0.4, -0.2) is 73.6 Å². The maximum atomic E-state index is 12.4. The average molecular weight is 300 g/mol. The molecule has 0 aliphatic carbocycles. The number of carbonyl (C=O) groups excluding carboxylic acids is 1. The molecule has 1 aliphatic rings. The van der Waals surface area contributed by atoms with Gasteiger partial charge in [-0.15, -0.1) is 0 Å². The number of carbonyl (C=O) groups is 1. The van der Waals surface area contributed by atoms with Gasteiger partial charge in [0.2, 0.25) is 15.9 Å². The van der Waals surface area contributed by atoms with Crippen LogP contribution in [0.2, 0.25) is 0 Å². The highest BCUT2D eigenvalue weighted by atomic mass is 32.2. The van der Waals surface area contributed by atoms with Crippen molar-refractivity contribution >= 4 is 15.9 Å². The second kappa shape index (κ2) is 6.58. The van der Waals surface area contributed by atoms with Gasteiger partial charge < -0.3 is 10.0 Å². The number of rotatable bonds is 6. The lowest BCUT2D eigenvalue weighted by atomic mass is 10.2. The molecule has 1 aliphatic heterocycles. The Bertz CT molecular complexity index is 416.